The van der Waals surface area contributed by atoms with E-state index in [2.05, 4.69) is 28.4 Å². The average molecular weight is 365 g/mol. The molecular weight excluding hydrogens is 342 g/mol. The van der Waals surface area contributed by atoms with E-state index in [1.807, 2.05) is 23.0 Å². The summed E-state index contributed by atoms with van der Waals surface area (Å²) in [5.74, 6) is -0.162. The predicted octanol–water partition coefficient (Wildman–Crippen LogP) is 1.69. The van der Waals surface area contributed by atoms with E-state index in [9.17, 15) is 9.59 Å². The highest BCUT2D eigenvalue weighted by Gasteiger charge is 2.24. The molecule has 0 saturated heterocycles. The van der Waals surface area contributed by atoms with Gasteiger partial charge in [-0.15, -0.1) is 0 Å². The third-order valence-corrected chi connectivity index (χ3v) is 5.38. The predicted molar refractivity (Wildman–Crippen MR) is 102 cm³/mol. The minimum absolute atomic E-state index is 0.00774. The van der Waals surface area contributed by atoms with Crippen molar-refractivity contribution >= 4 is 22.7 Å². The van der Waals surface area contributed by atoms with Crippen LogP contribution in [-0.4, -0.2) is 33.1 Å². The van der Waals surface area contributed by atoms with Crippen LogP contribution in [0.25, 0.3) is 10.9 Å². The summed E-state index contributed by atoms with van der Waals surface area (Å²) in [4.78, 5) is 27.2. The number of nitrogens with zero attached hydrogens (tertiary/aromatic N) is 2. The summed E-state index contributed by atoms with van der Waals surface area (Å²) in [6.07, 6.45) is 5.42. The maximum atomic E-state index is 12.5. The number of carbonyl (C=O) groups is 2. The Morgan fingerprint density at radius 1 is 1.41 bits per heavy atom. The zero-order valence-electron chi connectivity index (χ0n) is 15.3. The van der Waals surface area contributed by atoms with Crippen molar-refractivity contribution in [1.29, 1.82) is 0 Å². The molecule has 3 heterocycles. The van der Waals surface area contributed by atoms with Crippen molar-refractivity contribution in [2.24, 2.45) is 11.7 Å². The zero-order chi connectivity index (χ0) is 19.0. The topological polar surface area (TPSA) is 106 Å². The number of amides is 2. The monoisotopic (exact) mass is 365 g/mol. The summed E-state index contributed by atoms with van der Waals surface area (Å²) in [6, 6.07) is 6.08. The number of aromatic amines is 1. The van der Waals surface area contributed by atoms with Gasteiger partial charge in [-0.3, -0.25) is 14.3 Å². The van der Waals surface area contributed by atoms with Crippen LogP contribution in [-0.2, 0) is 24.2 Å². The molecule has 0 spiro atoms. The normalized spacial score (nSPS) is 16.3. The number of aromatic nitrogens is 3. The summed E-state index contributed by atoms with van der Waals surface area (Å²) in [7, 11) is 0. The molecule has 1 atom stereocenters. The molecule has 3 aromatic rings. The van der Waals surface area contributed by atoms with Crippen molar-refractivity contribution in [3.8, 4) is 0 Å². The van der Waals surface area contributed by atoms with Gasteiger partial charge in [-0.2, -0.15) is 5.10 Å². The molecule has 1 aliphatic rings. The second-order valence-electron chi connectivity index (χ2n) is 7.24. The molecule has 4 rings (SSSR count). The van der Waals surface area contributed by atoms with Crippen LogP contribution < -0.4 is 11.1 Å². The van der Waals surface area contributed by atoms with Crippen molar-refractivity contribution in [3.63, 3.8) is 0 Å². The highest BCUT2D eigenvalue weighted by Crippen LogP contribution is 2.24. The van der Waals surface area contributed by atoms with Gasteiger partial charge in [0.05, 0.1) is 23.9 Å². The lowest BCUT2D eigenvalue weighted by Gasteiger charge is -2.24. The zero-order valence-corrected chi connectivity index (χ0v) is 15.3. The quantitative estimate of drug-likeness (QED) is 0.640. The molecule has 2 aromatic heterocycles. The highest BCUT2D eigenvalue weighted by molar-refractivity contribution is 5.93. The van der Waals surface area contributed by atoms with Gasteiger partial charge >= 0.3 is 0 Å². The van der Waals surface area contributed by atoms with Crippen molar-refractivity contribution < 1.29 is 9.59 Å². The Morgan fingerprint density at radius 2 is 2.26 bits per heavy atom. The molecule has 27 heavy (non-hydrogen) atoms. The fraction of sp³-hybridized carbons (Fsp3) is 0.350. The van der Waals surface area contributed by atoms with E-state index in [0.29, 0.717) is 24.9 Å². The summed E-state index contributed by atoms with van der Waals surface area (Å²) in [5.41, 5.74) is 10.0. The summed E-state index contributed by atoms with van der Waals surface area (Å²) >= 11 is 0. The van der Waals surface area contributed by atoms with Gasteiger partial charge in [0.25, 0.3) is 5.91 Å². The van der Waals surface area contributed by atoms with E-state index in [-0.39, 0.29) is 11.8 Å². The number of hydrogen-bond donors (Lipinski definition) is 3. The Morgan fingerprint density at radius 3 is 3.07 bits per heavy atom. The van der Waals surface area contributed by atoms with Crippen LogP contribution >= 0.6 is 0 Å². The number of aryl methyl sites for hydroxylation is 2. The summed E-state index contributed by atoms with van der Waals surface area (Å²) in [6.45, 7) is 3.38. The molecule has 7 heteroatoms. The molecule has 0 bridgehead atoms. The van der Waals surface area contributed by atoms with Crippen LogP contribution in [0.1, 0.15) is 33.6 Å². The SMILES string of the molecule is Cc1cccc2[nH]cc(CC(=O)NC[C@H]3CCn4ncc(C(N)=O)c4C3)c12. The van der Waals surface area contributed by atoms with Crippen LogP contribution in [0, 0.1) is 12.8 Å². The van der Waals surface area contributed by atoms with E-state index in [1.54, 1.807) is 0 Å². The van der Waals surface area contributed by atoms with Gasteiger partial charge < -0.3 is 16.0 Å². The van der Waals surface area contributed by atoms with Gasteiger partial charge in [-0.1, -0.05) is 12.1 Å². The largest absolute Gasteiger partial charge is 0.365 e. The van der Waals surface area contributed by atoms with Gasteiger partial charge in [0.2, 0.25) is 5.91 Å². The molecule has 0 unspecified atom stereocenters. The third-order valence-electron chi connectivity index (χ3n) is 5.38. The number of rotatable bonds is 5. The molecule has 1 aliphatic heterocycles. The van der Waals surface area contributed by atoms with Gasteiger partial charge in [0.15, 0.2) is 0 Å². The van der Waals surface area contributed by atoms with Crippen LogP contribution in [0.5, 0.6) is 0 Å². The van der Waals surface area contributed by atoms with Crippen molar-refractivity contribution in [1.82, 2.24) is 20.1 Å². The lowest BCUT2D eigenvalue weighted by atomic mass is 9.94. The molecule has 0 radical (unpaired) electrons. The van der Waals surface area contributed by atoms with E-state index in [0.717, 1.165) is 40.7 Å². The maximum absolute atomic E-state index is 12.5. The van der Waals surface area contributed by atoms with Gasteiger partial charge in [-0.05, 0) is 42.9 Å². The second kappa shape index (κ2) is 6.90. The van der Waals surface area contributed by atoms with E-state index in [1.165, 1.54) is 6.20 Å². The number of nitrogens with two attached hydrogens (primary N) is 1. The lowest BCUT2D eigenvalue weighted by molar-refractivity contribution is -0.120. The fourth-order valence-electron chi connectivity index (χ4n) is 3.96. The number of benzene rings is 1. The van der Waals surface area contributed by atoms with Gasteiger partial charge in [-0.25, -0.2) is 0 Å². The number of fused-ring (bicyclic) bond motifs is 2. The Kier molecular flexibility index (Phi) is 4.43. The first kappa shape index (κ1) is 17.3. The minimum Gasteiger partial charge on any atom is -0.365 e. The smallest absolute Gasteiger partial charge is 0.252 e. The fourth-order valence-corrected chi connectivity index (χ4v) is 3.96. The van der Waals surface area contributed by atoms with E-state index < -0.39 is 5.91 Å². The Bertz CT molecular complexity index is 1020. The Labute approximate surface area is 156 Å². The maximum Gasteiger partial charge on any atom is 0.252 e. The molecule has 0 fully saturated rings. The number of primary amides is 1. The van der Waals surface area contributed by atoms with Crippen molar-refractivity contribution in [3.05, 3.63) is 53.0 Å². The van der Waals surface area contributed by atoms with Crippen molar-refractivity contribution in [2.45, 2.75) is 32.7 Å². The molecule has 1 aromatic carbocycles. The Hall–Kier alpha value is -3.09. The van der Waals surface area contributed by atoms with E-state index >= 15 is 0 Å². The number of H-pyrrole nitrogens is 1. The Balaban J connectivity index is 1.38. The molecule has 7 nitrogen and oxygen atoms in total. The van der Waals surface area contributed by atoms with Crippen LogP contribution in [0.3, 0.4) is 0 Å². The van der Waals surface area contributed by atoms with Crippen LogP contribution in [0.4, 0.5) is 0 Å². The summed E-state index contributed by atoms with van der Waals surface area (Å²) in [5, 5.41) is 8.39. The molecular formula is C20H23N5O2. The van der Waals surface area contributed by atoms with E-state index in [4.69, 9.17) is 5.73 Å². The number of nitrogens with one attached hydrogen (secondary N) is 2. The first-order valence-electron chi connectivity index (χ1n) is 9.19. The molecule has 0 saturated carbocycles. The summed E-state index contributed by atoms with van der Waals surface area (Å²) < 4.78 is 1.84. The average Bonchev–Trinajstić information content (AvgIpc) is 3.24. The molecule has 4 N–H and O–H groups in total. The van der Waals surface area contributed by atoms with Crippen molar-refractivity contribution in [2.75, 3.05) is 6.54 Å². The minimum atomic E-state index is -0.448. The molecule has 0 aliphatic carbocycles. The first-order valence-corrected chi connectivity index (χ1v) is 9.19. The molecule has 2 amide bonds. The third kappa shape index (κ3) is 3.32. The second-order valence-corrected chi connectivity index (χ2v) is 7.24. The van der Waals surface area contributed by atoms with Gasteiger partial charge in [0.1, 0.15) is 0 Å². The lowest BCUT2D eigenvalue weighted by Crippen LogP contribution is -2.34. The first-order chi connectivity index (χ1) is 13.0. The standard InChI is InChI=1S/C20H23N5O2/c1-12-3-2-4-16-19(12)14(10-22-16)8-18(26)23-9-13-5-6-25-17(7-13)15(11-24-25)20(21)27/h2-4,10-11,13,22H,5-9H2,1H3,(H2,21,27)(H,23,26)/t13-/m0/s1. The van der Waals surface area contributed by atoms with Gasteiger partial charge in [0, 0.05) is 30.2 Å². The highest BCUT2D eigenvalue weighted by atomic mass is 16.2. The number of hydrogen-bond acceptors (Lipinski definition) is 3. The van der Waals surface area contributed by atoms with Crippen LogP contribution in [0.2, 0.25) is 0 Å². The number of carbonyl (C=O) groups excluding carboxylic acids is 2. The van der Waals surface area contributed by atoms with Crippen LogP contribution in [0.15, 0.2) is 30.6 Å². The molecule has 140 valence electrons.